The molecule has 0 unspecified atom stereocenters. The van der Waals surface area contributed by atoms with Gasteiger partial charge in [-0.3, -0.25) is 0 Å². The Balaban J connectivity index is 1.71. The van der Waals surface area contributed by atoms with E-state index in [0.29, 0.717) is 0 Å². The third kappa shape index (κ3) is 4.41. The van der Waals surface area contributed by atoms with Crippen LogP contribution in [0.4, 0.5) is 0 Å². The highest BCUT2D eigenvalue weighted by Gasteiger charge is 2.72. The maximum Gasteiger partial charge on any atom is 0.167 e. The molecule has 7 aromatic carbocycles. The second-order valence-electron chi connectivity index (χ2n) is 12.3. The van der Waals surface area contributed by atoms with E-state index in [-0.39, 0.29) is 3.99 Å². The largest absolute Gasteiger partial charge is 0.167 e. The zero-order chi connectivity index (χ0) is 31.6. The Hall–Kier alpha value is -4.68. The van der Waals surface area contributed by atoms with Gasteiger partial charge in [-0.1, -0.05) is 206 Å². The molecule has 0 spiro atoms. The Labute approximate surface area is 284 Å². The summed E-state index contributed by atoms with van der Waals surface area (Å²) in [6, 6.07) is 78.9. The first kappa shape index (κ1) is 29.7. The summed E-state index contributed by atoms with van der Waals surface area (Å²) in [5.74, 6) is 0.971. The Bertz CT molecular complexity index is 1750. The standard InChI is InChI=1S/C44H36SSi2/c1-7-22-37(23-8-1)46(38-24-9-2-10-25-38,39-26-11-3-12-27-39)44(43-34-20-19-21-36(43)35-45-44)47(40-28-13-4-14-29-40,41-30-15-5-16-31-41)42-32-17-6-18-33-42/h1-34H,35H2. The van der Waals surface area contributed by atoms with Gasteiger partial charge in [0.15, 0.2) is 16.1 Å². The SMILES string of the molecule is c1ccc([Si](c2ccccc2)(c2ccccc2)C2([Si](c3ccccc3)(c3ccccc3)c3ccccc3)SCc3ccccc32)cc1. The van der Waals surface area contributed by atoms with E-state index < -0.39 is 16.1 Å². The van der Waals surface area contributed by atoms with E-state index in [9.17, 15) is 0 Å². The van der Waals surface area contributed by atoms with Crippen molar-refractivity contribution in [2.75, 3.05) is 0 Å². The first-order valence-corrected chi connectivity index (χ1v) is 21.4. The minimum absolute atomic E-state index is 0.329. The summed E-state index contributed by atoms with van der Waals surface area (Å²) in [7, 11) is -6.10. The predicted molar refractivity (Wildman–Crippen MR) is 207 cm³/mol. The third-order valence-electron chi connectivity index (χ3n) is 10.1. The van der Waals surface area contributed by atoms with Gasteiger partial charge in [0, 0.05) is 5.75 Å². The van der Waals surface area contributed by atoms with E-state index >= 15 is 0 Å². The van der Waals surface area contributed by atoms with E-state index in [1.165, 1.54) is 42.2 Å². The monoisotopic (exact) mass is 652 g/mol. The number of thioether (sulfide) groups is 1. The van der Waals surface area contributed by atoms with Crippen LogP contribution in [0, 0.1) is 0 Å². The molecule has 0 radical (unpaired) electrons. The van der Waals surface area contributed by atoms with Crippen LogP contribution in [0.2, 0.25) is 0 Å². The summed E-state index contributed by atoms with van der Waals surface area (Å²) in [4.78, 5) is 0. The van der Waals surface area contributed by atoms with Crippen molar-refractivity contribution in [2.45, 2.75) is 9.75 Å². The van der Waals surface area contributed by atoms with Crippen LogP contribution in [0.15, 0.2) is 206 Å². The second kappa shape index (κ2) is 12.5. The summed E-state index contributed by atoms with van der Waals surface area (Å²) < 4.78 is -0.329. The van der Waals surface area contributed by atoms with Gasteiger partial charge in [-0.05, 0) is 42.2 Å². The van der Waals surface area contributed by atoms with Crippen LogP contribution >= 0.6 is 11.8 Å². The molecule has 0 fully saturated rings. The van der Waals surface area contributed by atoms with Crippen LogP contribution in [0.1, 0.15) is 11.1 Å². The summed E-state index contributed by atoms with van der Waals surface area (Å²) in [6.07, 6.45) is 0. The zero-order valence-electron chi connectivity index (χ0n) is 26.2. The van der Waals surface area contributed by atoms with Crippen LogP contribution < -0.4 is 31.1 Å². The van der Waals surface area contributed by atoms with Crippen LogP contribution in [-0.2, 0) is 9.75 Å². The lowest BCUT2D eigenvalue weighted by Crippen LogP contribution is -2.91. The quantitative estimate of drug-likeness (QED) is 0.133. The molecule has 1 aliphatic heterocycles. The lowest BCUT2D eigenvalue weighted by Gasteiger charge is -2.58. The summed E-state index contributed by atoms with van der Waals surface area (Å²) in [5.41, 5.74) is 2.95. The molecule has 0 atom stereocenters. The minimum Gasteiger partial charge on any atom is -0.150 e. The van der Waals surface area contributed by atoms with Crippen molar-refractivity contribution in [3.05, 3.63) is 217 Å². The molecule has 1 aliphatic rings. The van der Waals surface area contributed by atoms with Gasteiger partial charge in [0.2, 0.25) is 0 Å². The van der Waals surface area contributed by atoms with E-state index in [1.54, 1.807) is 0 Å². The smallest absolute Gasteiger partial charge is 0.150 e. The second-order valence-corrected chi connectivity index (χ2v) is 22.7. The van der Waals surface area contributed by atoms with Gasteiger partial charge in [-0.2, -0.15) is 0 Å². The van der Waals surface area contributed by atoms with Crippen molar-refractivity contribution >= 4 is 59.0 Å². The average Bonchev–Trinajstić information content (AvgIpc) is 3.56. The van der Waals surface area contributed by atoms with Crippen molar-refractivity contribution in [2.24, 2.45) is 0 Å². The van der Waals surface area contributed by atoms with Crippen molar-refractivity contribution < 1.29 is 0 Å². The summed E-state index contributed by atoms with van der Waals surface area (Å²) in [6.45, 7) is 0. The van der Waals surface area contributed by atoms with Gasteiger partial charge in [0.05, 0.1) is 3.99 Å². The lowest BCUT2D eigenvalue weighted by atomic mass is 10.1. The van der Waals surface area contributed by atoms with Crippen LogP contribution in [0.5, 0.6) is 0 Å². The van der Waals surface area contributed by atoms with Crippen molar-refractivity contribution in [1.82, 2.24) is 0 Å². The number of hydrogen-bond acceptors (Lipinski definition) is 1. The Morgan fingerprint density at radius 3 is 0.872 bits per heavy atom. The number of rotatable bonds is 8. The molecule has 47 heavy (non-hydrogen) atoms. The fraction of sp³-hybridized carbons (Fsp3) is 0.0455. The third-order valence-corrected chi connectivity index (χ3v) is 26.0. The van der Waals surface area contributed by atoms with Gasteiger partial charge in [0.25, 0.3) is 0 Å². The molecule has 8 rings (SSSR count). The van der Waals surface area contributed by atoms with E-state index in [2.05, 4.69) is 218 Å². The lowest BCUT2D eigenvalue weighted by molar-refractivity contribution is 1.16. The molecule has 3 heteroatoms. The predicted octanol–water partition coefficient (Wildman–Crippen LogP) is 6.55. The van der Waals surface area contributed by atoms with Gasteiger partial charge in [-0.15, -0.1) is 11.8 Å². The van der Waals surface area contributed by atoms with Crippen molar-refractivity contribution in [3.8, 4) is 0 Å². The van der Waals surface area contributed by atoms with E-state index in [1.807, 2.05) is 0 Å². The number of fused-ring (bicyclic) bond motifs is 1. The summed E-state index contributed by atoms with van der Waals surface area (Å²) >= 11 is 2.22. The molecule has 0 N–H and O–H groups in total. The molecule has 0 aromatic heterocycles. The summed E-state index contributed by atoms with van der Waals surface area (Å²) in [5, 5.41) is 8.67. The molecule has 0 saturated carbocycles. The Morgan fingerprint density at radius 2 is 0.574 bits per heavy atom. The van der Waals surface area contributed by atoms with Gasteiger partial charge >= 0.3 is 0 Å². The molecule has 7 aromatic rings. The van der Waals surface area contributed by atoms with Crippen molar-refractivity contribution in [1.29, 1.82) is 0 Å². The van der Waals surface area contributed by atoms with Gasteiger partial charge in [-0.25, -0.2) is 0 Å². The van der Waals surface area contributed by atoms with Crippen LogP contribution in [0.25, 0.3) is 0 Å². The fourth-order valence-corrected chi connectivity index (χ4v) is 28.5. The molecule has 1 heterocycles. The first-order chi connectivity index (χ1) is 23.3. The zero-order valence-corrected chi connectivity index (χ0v) is 29.1. The maximum atomic E-state index is 2.49. The molecule has 0 nitrogen and oxygen atoms in total. The molecule has 0 amide bonds. The van der Waals surface area contributed by atoms with Crippen LogP contribution in [0.3, 0.4) is 0 Å². The molecule has 0 aliphatic carbocycles. The normalized spacial score (nSPS) is 14.0. The van der Waals surface area contributed by atoms with Crippen molar-refractivity contribution in [3.63, 3.8) is 0 Å². The Morgan fingerprint density at radius 1 is 0.319 bits per heavy atom. The topological polar surface area (TPSA) is 0 Å². The minimum atomic E-state index is -3.05. The highest BCUT2D eigenvalue weighted by molar-refractivity contribution is 8.04. The van der Waals surface area contributed by atoms with E-state index in [4.69, 9.17) is 0 Å². The Kier molecular flexibility index (Phi) is 7.90. The molecular weight excluding hydrogens is 617 g/mol. The number of benzene rings is 7. The fourth-order valence-electron chi connectivity index (χ4n) is 8.50. The molecule has 0 bridgehead atoms. The van der Waals surface area contributed by atoms with Gasteiger partial charge < -0.3 is 0 Å². The van der Waals surface area contributed by atoms with Gasteiger partial charge in [0.1, 0.15) is 0 Å². The van der Waals surface area contributed by atoms with E-state index in [0.717, 1.165) is 5.75 Å². The first-order valence-electron chi connectivity index (χ1n) is 16.4. The highest BCUT2D eigenvalue weighted by Crippen LogP contribution is 2.57. The van der Waals surface area contributed by atoms with Crippen LogP contribution in [-0.4, -0.2) is 16.1 Å². The average molecular weight is 653 g/mol. The molecular formula is C44H36SSi2. The highest BCUT2D eigenvalue weighted by atomic mass is 32.2. The molecule has 226 valence electrons. The number of hydrogen-bond donors (Lipinski definition) is 0. The molecule has 0 saturated heterocycles. The maximum absolute atomic E-state index is 3.05.